The second-order valence-corrected chi connectivity index (χ2v) is 7.90. The van der Waals surface area contributed by atoms with Crippen molar-refractivity contribution in [2.45, 2.75) is 37.1 Å². The van der Waals surface area contributed by atoms with Crippen LogP contribution in [0.1, 0.15) is 36.0 Å². The molecule has 162 valence electrons. The van der Waals surface area contributed by atoms with Gasteiger partial charge in [-0.25, -0.2) is 0 Å². The topological polar surface area (TPSA) is 47.9 Å². The van der Waals surface area contributed by atoms with Gasteiger partial charge in [0.1, 0.15) is 11.4 Å². The normalized spacial score (nSPS) is 19.2. The summed E-state index contributed by atoms with van der Waals surface area (Å²) in [6.45, 7) is 1.15. The first-order chi connectivity index (χ1) is 15.2. The first kappa shape index (κ1) is 21.6. The lowest BCUT2D eigenvalue weighted by Gasteiger charge is -2.37. The zero-order chi connectivity index (χ0) is 21.5. The zero-order valence-corrected chi connectivity index (χ0v) is 17.9. The fraction of sp³-hybridized carbons (Fsp3) is 0.333. The number of aliphatic hydroxyl groups excluding tert-OH is 1. The van der Waals surface area contributed by atoms with Crippen LogP contribution in [0.5, 0.6) is 5.75 Å². The minimum atomic E-state index is -0.783. The Morgan fingerprint density at radius 2 is 1.45 bits per heavy atom. The molecule has 0 amide bonds. The van der Waals surface area contributed by atoms with E-state index < -0.39 is 11.7 Å². The van der Waals surface area contributed by atoms with Crippen LogP contribution in [0.25, 0.3) is 0 Å². The molecule has 0 aliphatic carbocycles. The molecule has 1 aliphatic rings. The summed E-state index contributed by atoms with van der Waals surface area (Å²) in [5.41, 5.74) is 2.35. The van der Waals surface area contributed by atoms with Gasteiger partial charge in [-0.3, -0.25) is 0 Å². The highest BCUT2D eigenvalue weighted by Gasteiger charge is 2.38. The van der Waals surface area contributed by atoms with Gasteiger partial charge in [-0.1, -0.05) is 72.8 Å². The Kier molecular flexibility index (Phi) is 7.03. The van der Waals surface area contributed by atoms with Crippen LogP contribution in [0.15, 0.2) is 84.9 Å². The number of aliphatic hydroxyl groups is 1. The van der Waals surface area contributed by atoms with Crippen LogP contribution in [-0.4, -0.2) is 37.6 Å². The second kappa shape index (κ2) is 10.1. The van der Waals surface area contributed by atoms with Crippen molar-refractivity contribution in [3.63, 3.8) is 0 Å². The fourth-order valence-electron chi connectivity index (χ4n) is 4.35. The molecule has 1 N–H and O–H groups in total. The molecule has 0 spiro atoms. The summed E-state index contributed by atoms with van der Waals surface area (Å²) in [4.78, 5) is 0. The van der Waals surface area contributed by atoms with E-state index in [0.717, 1.165) is 35.3 Å². The molecule has 31 heavy (non-hydrogen) atoms. The molecule has 4 rings (SSSR count). The van der Waals surface area contributed by atoms with Gasteiger partial charge in [0, 0.05) is 6.61 Å². The molecular formula is C27H30O4. The lowest BCUT2D eigenvalue weighted by Crippen LogP contribution is -2.37. The zero-order valence-electron chi connectivity index (χ0n) is 17.9. The Labute approximate surface area is 184 Å². The number of hydrogen-bond donors (Lipinski definition) is 1. The smallest absolute Gasteiger partial charge is 0.143 e. The van der Waals surface area contributed by atoms with Gasteiger partial charge in [-0.2, -0.15) is 0 Å². The molecule has 0 saturated carbocycles. The van der Waals surface area contributed by atoms with E-state index >= 15 is 0 Å². The van der Waals surface area contributed by atoms with Gasteiger partial charge < -0.3 is 19.3 Å². The molecule has 2 atom stereocenters. The van der Waals surface area contributed by atoms with Crippen molar-refractivity contribution in [1.82, 2.24) is 0 Å². The lowest BCUT2D eigenvalue weighted by molar-refractivity contribution is -0.0943. The Morgan fingerprint density at radius 3 is 2.00 bits per heavy atom. The molecule has 0 aromatic heterocycles. The van der Waals surface area contributed by atoms with E-state index in [1.54, 1.807) is 7.11 Å². The summed E-state index contributed by atoms with van der Waals surface area (Å²) in [6.07, 6.45) is 1.71. The summed E-state index contributed by atoms with van der Waals surface area (Å²) in [7, 11) is 1.67. The molecule has 1 saturated heterocycles. The quantitative estimate of drug-likeness (QED) is 0.527. The number of methoxy groups -OCH3 is 1. The molecule has 3 aromatic rings. The van der Waals surface area contributed by atoms with Crippen LogP contribution in [0.2, 0.25) is 0 Å². The predicted octanol–water partition coefficient (Wildman–Crippen LogP) is 4.93. The van der Waals surface area contributed by atoms with Crippen molar-refractivity contribution in [3.05, 3.63) is 102 Å². The van der Waals surface area contributed by atoms with E-state index in [0.29, 0.717) is 19.6 Å². The Balaban J connectivity index is 1.73. The third kappa shape index (κ3) is 4.67. The summed E-state index contributed by atoms with van der Waals surface area (Å²) < 4.78 is 18.0. The van der Waals surface area contributed by atoms with Crippen molar-refractivity contribution in [2.24, 2.45) is 0 Å². The highest BCUT2D eigenvalue weighted by atomic mass is 16.5. The van der Waals surface area contributed by atoms with Gasteiger partial charge in [0.25, 0.3) is 0 Å². The van der Waals surface area contributed by atoms with Crippen molar-refractivity contribution in [1.29, 1.82) is 0 Å². The minimum absolute atomic E-state index is 0.186. The average molecular weight is 419 g/mol. The lowest BCUT2D eigenvalue weighted by atomic mass is 9.80. The van der Waals surface area contributed by atoms with Crippen LogP contribution in [-0.2, 0) is 15.1 Å². The second-order valence-electron chi connectivity index (χ2n) is 7.90. The molecule has 4 heteroatoms. The van der Waals surface area contributed by atoms with Crippen molar-refractivity contribution in [2.75, 3.05) is 20.3 Å². The fourth-order valence-corrected chi connectivity index (χ4v) is 4.35. The van der Waals surface area contributed by atoms with Crippen molar-refractivity contribution >= 4 is 0 Å². The van der Waals surface area contributed by atoms with E-state index in [2.05, 4.69) is 36.4 Å². The molecule has 1 aliphatic heterocycles. The van der Waals surface area contributed by atoms with E-state index in [9.17, 15) is 5.11 Å². The first-order valence-corrected chi connectivity index (χ1v) is 10.9. The van der Waals surface area contributed by atoms with Gasteiger partial charge in [-0.15, -0.1) is 0 Å². The molecular weight excluding hydrogens is 388 g/mol. The van der Waals surface area contributed by atoms with Gasteiger partial charge in [0.15, 0.2) is 0 Å². The summed E-state index contributed by atoms with van der Waals surface area (Å²) in [5.74, 6) is 0.803. The van der Waals surface area contributed by atoms with E-state index in [1.807, 2.05) is 48.5 Å². The number of rotatable bonds is 8. The first-order valence-electron chi connectivity index (χ1n) is 10.9. The maximum absolute atomic E-state index is 10.3. The number of benzene rings is 3. The summed E-state index contributed by atoms with van der Waals surface area (Å²) >= 11 is 0. The van der Waals surface area contributed by atoms with Gasteiger partial charge in [0.05, 0.1) is 25.9 Å². The van der Waals surface area contributed by atoms with Crippen molar-refractivity contribution in [3.8, 4) is 5.75 Å². The van der Waals surface area contributed by atoms with E-state index in [-0.39, 0.29) is 6.10 Å². The number of hydrogen-bond acceptors (Lipinski definition) is 4. The highest BCUT2D eigenvalue weighted by Crippen LogP contribution is 2.41. The minimum Gasteiger partial charge on any atom is -0.497 e. The van der Waals surface area contributed by atoms with Gasteiger partial charge >= 0.3 is 0 Å². The van der Waals surface area contributed by atoms with Crippen LogP contribution >= 0.6 is 0 Å². The maximum Gasteiger partial charge on any atom is 0.143 e. The molecule has 1 fully saturated rings. The predicted molar refractivity (Wildman–Crippen MR) is 121 cm³/mol. The molecule has 3 aromatic carbocycles. The van der Waals surface area contributed by atoms with Crippen LogP contribution < -0.4 is 4.74 Å². The Hall–Kier alpha value is -2.66. The van der Waals surface area contributed by atoms with Crippen molar-refractivity contribution < 1.29 is 19.3 Å². The SMILES string of the molecule is COc1ccc(C(OCC[C@H]2OCCC[C@@H]2O)(c2ccccc2)c2ccccc2)cc1. The molecule has 4 nitrogen and oxygen atoms in total. The Morgan fingerprint density at radius 1 is 0.871 bits per heavy atom. The van der Waals surface area contributed by atoms with Gasteiger partial charge in [0.2, 0.25) is 0 Å². The monoisotopic (exact) mass is 418 g/mol. The standard InChI is InChI=1S/C27H30O4/c1-29-24-16-14-23(15-17-24)27(21-9-4-2-5-10-21,22-11-6-3-7-12-22)31-20-18-26-25(28)13-8-19-30-26/h2-7,9-12,14-17,25-26,28H,8,13,18-20H2,1H3/t25-,26+/m0/s1. The van der Waals surface area contributed by atoms with E-state index in [4.69, 9.17) is 14.2 Å². The Bertz CT molecular complexity index is 885. The average Bonchev–Trinajstić information content (AvgIpc) is 2.84. The maximum atomic E-state index is 10.3. The highest BCUT2D eigenvalue weighted by molar-refractivity contribution is 5.48. The van der Waals surface area contributed by atoms with E-state index in [1.165, 1.54) is 0 Å². The molecule has 0 bridgehead atoms. The third-order valence-electron chi connectivity index (χ3n) is 5.98. The number of ether oxygens (including phenoxy) is 3. The molecule has 0 radical (unpaired) electrons. The van der Waals surface area contributed by atoms with Crippen LogP contribution in [0, 0.1) is 0 Å². The largest absolute Gasteiger partial charge is 0.497 e. The third-order valence-corrected chi connectivity index (χ3v) is 5.98. The molecule has 1 heterocycles. The summed E-state index contributed by atoms with van der Waals surface area (Å²) in [6, 6.07) is 28.6. The van der Waals surface area contributed by atoms with Crippen LogP contribution in [0.4, 0.5) is 0 Å². The summed E-state index contributed by atoms with van der Waals surface area (Å²) in [5, 5.41) is 10.3. The van der Waals surface area contributed by atoms with Gasteiger partial charge in [-0.05, 0) is 48.1 Å². The van der Waals surface area contributed by atoms with Crippen LogP contribution in [0.3, 0.4) is 0 Å². The molecule has 0 unspecified atom stereocenters.